The average molecular weight is 384 g/mol. The van der Waals surface area contributed by atoms with Gasteiger partial charge in [-0.3, -0.25) is 4.68 Å². The topological polar surface area (TPSA) is 74.5 Å². The average Bonchev–Trinajstić information content (AvgIpc) is 2.99. The molecule has 0 fully saturated rings. The van der Waals surface area contributed by atoms with Crippen LogP contribution >= 0.6 is 23.2 Å². The smallest absolute Gasteiger partial charge is 0.191 e. The number of hydrogen-bond donors (Lipinski definition) is 3. The van der Waals surface area contributed by atoms with Gasteiger partial charge in [-0.15, -0.1) is 0 Å². The van der Waals surface area contributed by atoms with Gasteiger partial charge in [-0.2, -0.15) is 5.10 Å². The molecule has 8 heteroatoms. The van der Waals surface area contributed by atoms with Gasteiger partial charge in [0.15, 0.2) is 5.96 Å². The van der Waals surface area contributed by atoms with Crippen molar-refractivity contribution in [2.75, 3.05) is 13.1 Å². The van der Waals surface area contributed by atoms with E-state index >= 15 is 0 Å². The van der Waals surface area contributed by atoms with Crippen molar-refractivity contribution >= 4 is 29.2 Å². The van der Waals surface area contributed by atoms with Crippen LogP contribution in [0.15, 0.2) is 35.6 Å². The Morgan fingerprint density at radius 1 is 1.36 bits per heavy atom. The first-order valence-corrected chi connectivity index (χ1v) is 8.75. The molecule has 0 saturated heterocycles. The molecule has 1 aromatic carbocycles. The lowest BCUT2D eigenvalue weighted by Gasteiger charge is -2.23. The van der Waals surface area contributed by atoms with E-state index in [2.05, 4.69) is 20.7 Å². The SMILES string of the molecule is CCNC(=NCc1ccc(Cl)cc1Cl)NCC(C)(O)c1cnn(C)c1. The molecule has 0 aliphatic carbocycles. The standard InChI is InChI=1S/C17H23Cl2N5O/c1-4-20-16(21-8-12-5-6-14(18)7-15(12)19)22-11-17(2,25)13-9-23-24(3)10-13/h5-7,9-10,25H,4,8,11H2,1-3H3,(H2,20,21,22). The number of aliphatic hydroxyl groups is 1. The molecule has 1 aromatic heterocycles. The highest BCUT2D eigenvalue weighted by atomic mass is 35.5. The van der Waals surface area contributed by atoms with E-state index in [9.17, 15) is 5.11 Å². The third kappa shape index (κ3) is 5.63. The second-order valence-electron chi connectivity index (χ2n) is 5.96. The van der Waals surface area contributed by atoms with E-state index in [1.807, 2.05) is 20.0 Å². The van der Waals surface area contributed by atoms with Crippen molar-refractivity contribution in [1.29, 1.82) is 0 Å². The van der Waals surface area contributed by atoms with Crippen molar-refractivity contribution in [1.82, 2.24) is 20.4 Å². The van der Waals surface area contributed by atoms with Crippen LogP contribution in [0.5, 0.6) is 0 Å². The quantitative estimate of drug-likeness (QED) is 0.529. The molecule has 0 radical (unpaired) electrons. The molecule has 0 amide bonds. The van der Waals surface area contributed by atoms with Crippen LogP contribution in [0, 0.1) is 0 Å². The van der Waals surface area contributed by atoms with Gasteiger partial charge in [0.2, 0.25) is 0 Å². The van der Waals surface area contributed by atoms with Crippen LogP contribution in [0.1, 0.15) is 25.0 Å². The third-order valence-electron chi connectivity index (χ3n) is 3.69. The molecule has 6 nitrogen and oxygen atoms in total. The maximum atomic E-state index is 10.6. The molecular formula is C17H23Cl2N5O. The summed E-state index contributed by atoms with van der Waals surface area (Å²) in [6, 6.07) is 5.33. The van der Waals surface area contributed by atoms with Crippen molar-refractivity contribution in [3.05, 3.63) is 51.8 Å². The first kappa shape index (κ1) is 19.6. The van der Waals surface area contributed by atoms with Gasteiger partial charge in [0, 0.05) is 35.4 Å². The first-order valence-electron chi connectivity index (χ1n) is 7.99. The summed E-state index contributed by atoms with van der Waals surface area (Å²) in [7, 11) is 1.81. The predicted octanol–water partition coefficient (Wildman–Crippen LogP) is 2.69. The molecule has 25 heavy (non-hydrogen) atoms. The van der Waals surface area contributed by atoms with Crippen LogP contribution in [0.4, 0.5) is 0 Å². The summed E-state index contributed by atoms with van der Waals surface area (Å²) in [6.07, 6.45) is 3.44. The van der Waals surface area contributed by atoms with Crippen LogP contribution in [0.25, 0.3) is 0 Å². The van der Waals surface area contributed by atoms with Crippen LogP contribution in [-0.2, 0) is 19.2 Å². The molecule has 1 atom stereocenters. The van der Waals surface area contributed by atoms with E-state index in [-0.39, 0.29) is 0 Å². The van der Waals surface area contributed by atoms with E-state index in [1.165, 1.54) is 0 Å². The molecule has 3 N–H and O–H groups in total. The van der Waals surface area contributed by atoms with Gasteiger partial charge in [-0.1, -0.05) is 29.3 Å². The van der Waals surface area contributed by atoms with Crippen molar-refractivity contribution < 1.29 is 5.11 Å². The molecule has 0 spiro atoms. The molecular weight excluding hydrogens is 361 g/mol. The predicted molar refractivity (Wildman–Crippen MR) is 102 cm³/mol. The second-order valence-corrected chi connectivity index (χ2v) is 6.80. The lowest BCUT2D eigenvalue weighted by Crippen LogP contribution is -2.44. The summed E-state index contributed by atoms with van der Waals surface area (Å²) in [6.45, 7) is 5.11. The lowest BCUT2D eigenvalue weighted by atomic mass is 10.00. The molecule has 0 bridgehead atoms. The molecule has 1 unspecified atom stereocenters. The molecule has 0 aliphatic rings. The van der Waals surface area contributed by atoms with E-state index in [4.69, 9.17) is 23.2 Å². The zero-order chi connectivity index (χ0) is 18.4. The Hall–Kier alpha value is -1.76. The minimum absolute atomic E-state index is 0.291. The van der Waals surface area contributed by atoms with E-state index in [0.717, 1.165) is 11.1 Å². The Kier molecular flexibility index (Phi) is 6.70. The van der Waals surface area contributed by atoms with Crippen molar-refractivity contribution in [3.8, 4) is 0 Å². The zero-order valence-corrected chi connectivity index (χ0v) is 16.1. The van der Waals surface area contributed by atoms with Crippen LogP contribution < -0.4 is 10.6 Å². The van der Waals surface area contributed by atoms with Crippen LogP contribution in [0.3, 0.4) is 0 Å². The van der Waals surface area contributed by atoms with Gasteiger partial charge >= 0.3 is 0 Å². The number of aliphatic imine (C=N–C) groups is 1. The highest BCUT2D eigenvalue weighted by Crippen LogP contribution is 2.21. The highest BCUT2D eigenvalue weighted by molar-refractivity contribution is 6.35. The van der Waals surface area contributed by atoms with E-state index < -0.39 is 5.60 Å². The number of hydrogen-bond acceptors (Lipinski definition) is 3. The van der Waals surface area contributed by atoms with Gasteiger partial charge in [0.05, 0.1) is 19.3 Å². The monoisotopic (exact) mass is 383 g/mol. The fraction of sp³-hybridized carbons (Fsp3) is 0.412. The Labute approximate surface area is 157 Å². The Balaban J connectivity index is 2.04. The van der Waals surface area contributed by atoms with E-state index in [1.54, 1.807) is 36.1 Å². The second kappa shape index (κ2) is 8.56. The zero-order valence-electron chi connectivity index (χ0n) is 14.6. The molecule has 2 rings (SSSR count). The summed E-state index contributed by atoms with van der Waals surface area (Å²) >= 11 is 12.1. The molecule has 0 aliphatic heterocycles. The largest absolute Gasteiger partial charge is 0.383 e. The van der Waals surface area contributed by atoms with E-state index in [0.29, 0.717) is 35.6 Å². The minimum Gasteiger partial charge on any atom is -0.383 e. The van der Waals surface area contributed by atoms with Crippen LogP contribution in [0.2, 0.25) is 10.0 Å². The Morgan fingerprint density at radius 2 is 2.12 bits per heavy atom. The molecule has 1 heterocycles. The van der Waals surface area contributed by atoms with Gasteiger partial charge in [-0.05, 0) is 31.5 Å². The number of benzene rings is 1. The summed E-state index contributed by atoms with van der Waals surface area (Å²) in [5, 5.41) is 22.2. The van der Waals surface area contributed by atoms with Crippen molar-refractivity contribution in [2.45, 2.75) is 26.0 Å². The van der Waals surface area contributed by atoms with Crippen molar-refractivity contribution in [3.63, 3.8) is 0 Å². The van der Waals surface area contributed by atoms with Gasteiger partial charge in [-0.25, -0.2) is 4.99 Å². The third-order valence-corrected chi connectivity index (χ3v) is 4.28. The van der Waals surface area contributed by atoms with Crippen molar-refractivity contribution in [2.24, 2.45) is 12.0 Å². The first-order chi connectivity index (χ1) is 11.8. The van der Waals surface area contributed by atoms with Gasteiger partial charge in [0.1, 0.15) is 5.60 Å². The Morgan fingerprint density at radius 3 is 2.72 bits per heavy atom. The number of nitrogens with zero attached hydrogens (tertiary/aromatic N) is 3. The number of rotatable bonds is 6. The lowest BCUT2D eigenvalue weighted by molar-refractivity contribution is 0.0616. The van der Waals surface area contributed by atoms with Gasteiger partial charge in [0.25, 0.3) is 0 Å². The number of halogens is 2. The summed E-state index contributed by atoms with van der Waals surface area (Å²) < 4.78 is 1.66. The van der Waals surface area contributed by atoms with Gasteiger partial charge < -0.3 is 15.7 Å². The number of aromatic nitrogens is 2. The number of aryl methyl sites for hydroxylation is 1. The minimum atomic E-state index is -1.07. The highest BCUT2D eigenvalue weighted by Gasteiger charge is 2.24. The normalized spacial score (nSPS) is 14.2. The Bertz CT molecular complexity index is 742. The molecule has 136 valence electrons. The fourth-order valence-corrected chi connectivity index (χ4v) is 2.68. The summed E-state index contributed by atoms with van der Waals surface area (Å²) in [4.78, 5) is 4.51. The maximum Gasteiger partial charge on any atom is 0.191 e. The maximum absolute atomic E-state index is 10.6. The summed E-state index contributed by atoms with van der Waals surface area (Å²) in [5.41, 5.74) is 0.545. The fourth-order valence-electron chi connectivity index (χ4n) is 2.21. The number of guanidine groups is 1. The molecule has 0 saturated carbocycles. The number of nitrogens with one attached hydrogen (secondary N) is 2. The summed E-state index contributed by atoms with van der Waals surface area (Å²) in [5.74, 6) is 0.595. The molecule has 2 aromatic rings. The van der Waals surface area contributed by atoms with Crippen LogP contribution in [-0.4, -0.2) is 33.9 Å².